The van der Waals surface area contributed by atoms with E-state index in [1.807, 2.05) is 27.7 Å². The molecule has 234 valence electrons. The molecule has 13 heteroatoms. The van der Waals surface area contributed by atoms with Crippen LogP contribution in [0.25, 0.3) is 10.9 Å². The van der Waals surface area contributed by atoms with Gasteiger partial charge in [-0.25, -0.2) is 14.5 Å². The van der Waals surface area contributed by atoms with Crippen LogP contribution in [-0.2, 0) is 15.1 Å². The number of hydrogen-bond acceptors (Lipinski definition) is 9. The Bertz CT molecular complexity index is 1990. The van der Waals surface area contributed by atoms with Gasteiger partial charge in [-0.3, -0.25) is 14.7 Å². The number of nitriles is 2. The summed E-state index contributed by atoms with van der Waals surface area (Å²) in [5, 5.41) is 42.8. The summed E-state index contributed by atoms with van der Waals surface area (Å²) in [4.78, 5) is 35.5. The number of anilines is 2. The van der Waals surface area contributed by atoms with Gasteiger partial charge in [0, 0.05) is 34.6 Å². The van der Waals surface area contributed by atoms with Crippen molar-refractivity contribution in [3.05, 3.63) is 70.7 Å². The van der Waals surface area contributed by atoms with Gasteiger partial charge in [0.15, 0.2) is 0 Å². The van der Waals surface area contributed by atoms with Gasteiger partial charge in [0.2, 0.25) is 5.95 Å². The second-order valence-electron chi connectivity index (χ2n) is 13.4. The van der Waals surface area contributed by atoms with E-state index in [1.165, 1.54) is 24.4 Å². The van der Waals surface area contributed by atoms with Gasteiger partial charge in [-0.15, -0.1) is 5.10 Å². The lowest BCUT2D eigenvalue weighted by Gasteiger charge is -2.61. The Kier molecular flexibility index (Phi) is 7.23. The number of carbonyl (C=O) groups excluding carboxylic acids is 1. The highest BCUT2D eigenvalue weighted by Crippen LogP contribution is 2.62. The van der Waals surface area contributed by atoms with Crippen molar-refractivity contribution < 1.29 is 19.1 Å². The van der Waals surface area contributed by atoms with Crippen molar-refractivity contribution in [2.75, 3.05) is 10.2 Å². The summed E-state index contributed by atoms with van der Waals surface area (Å²) in [5.74, 6) is -3.18. The molecule has 3 heterocycles. The fraction of sp³-hybridized carbons (Fsp3) is 0.394. The summed E-state index contributed by atoms with van der Waals surface area (Å²) >= 11 is 0. The molecular formula is C33H32FN9O3. The summed E-state index contributed by atoms with van der Waals surface area (Å²) in [6.07, 6.45) is 5.96. The van der Waals surface area contributed by atoms with E-state index < -0.39 is 23.9 Å². The Morgan fingerprint density at radius 2 is 1.87 bits per heavy atom. The molecule has 12 nitrogen and oxygen atoms in total. The molecule has 2 atom stereocenters. The number of nitrogens with one attached hydrogen (secondary N) is 1. The van der Waals surface area contributed by atoms with Crippen molar-refractivity contribution >= 4 is 34.2 Å². The SMILES string of the molecule is Cc1nc(F)ccc1[C@@H](c1cn(C23CC(C2)C3)nn1)N(C(=O)C(=O)O)c1cc(C#N)c2ncc(C#N)c(N[C@H](C)C(C)(C)C)c2c1. The summed E-state index contributed by atoms with van der Waals surface area (Å²) in [5.41, 5.74) is 1.35. The fourth-order valence-corrected chi connectivity index (χ4v) is 6.28. The topological polar surface area (TPSA) is 174 Å². The smallest absolute Gasteiger partial charge is 0.395 e. The number of halogens is 1. The molecule has 0 aliphatic heterocycles. The number of nitrogens with zero attached hydrogens (tertiary/aromatic N) is 8. The minimum atomic E-state index is -1.76. The summed E-state index contributed by atoms with van der Waals surface area (Å²) in [6.45, 7) is 9.61. The molecule has 3 aliphatic carbocycles. The van der Waals surface area contributed by atoms with Gasteiger partial charge in [-0.1, -0.05) is 32.1 Å². The number of aryl methyl sites for hydroxylation is 1. The molecule has 3 aromatic heterocycles. The van der Waals surface area contributed by atoms with Gasteiger partial charge in [0.05, 0.1) is 34.1 Å². The lowest BCUT2D eigenvalue weighted by Crippen LogP contribution is -2.59. The predicted molar refractivity (Wildman–Crippen MR) is 165 cm³/mol. The number of fused-ring (bicyclic) bond motifs is 1. The minimum Gasteiger partial charge on any atom is -0.474 e. The third kappa shape index (κ3) is 4.98. The second-order valence-corrected chi connectivity index (χ2v) is 13.4. The number of carboxylic acids is 1. The van der Waals surface area contributed by atoms with Crippen molar-refractivity contribution in [1.82, 2.24) is 25.0 Å². The van der Waals surface area contributed by atoms with Crippen LogP contribution in [0.4, 0.5) is 15.8 Å². The molecule has 0 radical (unpaired) electrons. The quantitative estimate of drug-likeness (QED) is 0.212. The van der Waals surface area contributed by atoms with Gasteiger partial charge in [-0.2, -0.15) is 14.9 Å². The molecule has 7 rings (SSSR count). The van der Waals surface area contributed by atoms with Gasteiger partial charge >= 0.3 is 11.9 Å². The Morgan fingerprint density at radius 3 is 2.43 bits per heavy atom. The Morgan fingerprint density at radius 1 is 1.17 bits per heavy atom. The number of hydrogen-bond donors (Lipinski definition) is 2. The first-order valence-corrected chi connectivity index (χ1v) is 14.9. The molecule has 3 aliphatic rings. The average molecular weight is 622 g/mol. The van der Waals surface area contributed by atoms with Crippen LogP contribution in [-0.4, -0.2) is 48.0 Å². The second kappa shape index (κ2) is 10.9. The van der Waals surface area contributed by atoms with Crippen molar-refractivity contribution in [3.63, 3.8) is 0 Å². The van der Waals surface area contributed by atoms with Gasteiger partial charge < -0.3 is 10.4 Å². The molecule has 4 aromatic rings. The lowest BCUT2D eigenvalue weighted by atomic mass is 9.50. The lowest BCUT2D eigenvalue weighted by molar-refractivity contribution is -0.149. The van der Waals surface area contributed by atoms with E-state index in [9.17, 15) is 29.6 Å². The van der Waals surface area contributed by atoms with Crippen LogP contribution >= 0.6 is 0 Å². The summed E-state index contributed by atoms with van der Waals surface area (Å²) < 4.78 is 16.0. The number of carbonyl (C=O) groups is 2. The number of amides is 1. The number of rotatable bonds is 7. The molecule has 0 unspecified atom stereocenters. The largest absolute Gasteiger partial charge is 0.474 e. The van der Waals surface area contributed by atoms with Crippen LogP contribution < -0.4 is 10.2 Å². The molecule has 3 fully saturated rings. The maximum atomic E-state index is 14.2. The molecule has 0 spiro atoms. The molecular weight excluding hydrogens is 589 g/mol. The Balaban J connectivity index is 1.61. The molecule has 46 heavy (non-hydrogen) atoms. The third-order valence-corrected chi connectivity index (χ3v) is 9.47. The Labute approximate surface area is 264 Å². The molecule has 0 saturated heterocycles. The van der Waals surface area contributed by atoms with Crippen molar-refractivity contribution in [3.8, 4) is 12.1 Å². The fourth-order valence-electron chi connectivity index (χ4n) is 6.28. The number of pyridine rings is 2. The zero-order valence-corrected chi connectivity index (χ0v) is 26.0. The van der Waals surface area contributed by atoms with E-state index >= 15 is 0 Å². The third-order valence-electron chi connectivity index (χ3n) is 9.47. The maximum Gasteiger partial charge on any atom is 0.395 e. The van der Waals surface area contributed by atoms with E-state index in [-0.39, 0.29) is 50.7 Å². The first-order valence-electron chi connectivity index (χ1n) is 14.9. The highest BCUT2D eigenvalue weighted by molar-refractivity contribution is 6.37. The molecule has 2 N–H and O–H groups in total. The van der Waals surface area contributed by atoms with Crippen LogP contribution in [0.1, 0.15) is 81.1 Å². The van der Waals surface area contributed by atoms with Crippen LogP contribution in [0.15, 0.2) is 36.7 Å². The maximum absolute atomic E-state index is 14.2. The summed E-state index contributed by atoms with van der Waals surface area (Å²) in [7, 11) is 0. The monoisotopic (exact) mass is 621 g/mol. The molecule has 1 amide bonds. The number of aliphatic carboxylic acids is 1. The van der Waals surface area contributed by atoms with Gasteiger partial charge in [0.25, 0.3) is 0 Å². The summed E-state index contributed by atoms with van der Waals surface area (Å²) in [6, 6.07) is 8.37. The van der Waals surface area contributed by atoms with E-state index in [0.717, 1.165) is 30.2 Å². The molecule has 2 bridgehead atoms. The molecule has 1 aromatic carbocycles. The predicted octanol–water partition coefficient (Wildman–Crippen LogP) is 4.97. The van der Waals surface area contributed by atoms with Gasteiger partial charge in [-0.05, 0) is 62.6 Å². The number of carboxylic acid groups (broad SMARTS) is 1. The van der Waals surface area contributed by atoms with E-state index in [2.05, 4.69) is 37.7 Å². The zero-order valence-electron chi connectivity index (χ0n) is 26.0. The van der Waals surface area contributed by atoms with Crippen molar-refractivity contribution in [2.24, 2.45) is 11.3 Å². The van der Waals surface area contributed by atoms with E-state index in [0.29, 0.717) is 22.6 Å². The Hall–Kier alpha value is -5.43. The van der Waals surface area contributed by atoms with Crippen LogP contribution in [0.2, 0.25) is 0 Å². The van der Waals surface area contributed by atoms with E-state index in [4.69, 9.17) is 0 Å². The van der Waals surface area contributed by atoms with Crippen LogP contribution in [0.3, 0.4) is 0 Å². The average Bonchev–Trinajstić information content (AvgIpc) is 3.42. The number of aromatic nitrogens is 5. The number of benzene rings is 1. The zero-order chi connectivity index (χ0) is 33.1. The first-order chi connectivity index (χ1) is 21.8. The van der Waals surface area contributed by atoms with E-state index in [1.54, 1.807) is 17.8 Å². The minimum absolute atomic E-state index is 0.0357. The first kappa shape index (κ1) is 30.6. The highest BCUT2D eigenvalue weighted by atomic mass is 19.1. The molecule has 3 saturated carbocycles. The van der Waals surface area contributed by atoms with Gasteiger partial charge in [0.1, 0.15) is 23.9 Å². The normalized spacial score (nSPS) is 19.6. The standard InChI is InChI=1S/C33H32FN9O3/c1-17-23(6-7-26(34)38-17)29(25-16-42(41-40-25)33-10-19(11-33)12-33)43(30(44)31(45)46)22-8-20(13-35)27-24(9-22)28(21(14-36)15-37-27)39-18(2)32(3,4)5/h6-9,15-16,18-19,29H,10-12H2,1-5H3,(H,37,39)(H,45,46)/t18-,19?,29+,33?/m1/s1. The highest BCUT2D eigenvalue weighted by Gasteiger charge is 2.59. The van der Waals surface area contributed by atoms with Crippen molar-refractivity contribution in [1.29, 1.82) is 10.5 Å². The van der Waals surface area contributed by atoms with Crippen LogP contribution in [0.5, 0.6) is 0 Å². The van der Waals surface area contributed by atoms with Crippen LogP contribution in [0, 0.1) is 46.9 Å². The van der Waals surface area contributed by atoms with Crippen molar-refractivity contribution in [2.45, 2.75) is 71.5 Å².